The van der Waals surface area contributed by atoms with E-state index in [4.69, 9.17) is 10.9 Å². The molecule has 0 radical (unpaired) electrons. The largest absolute Gasteiger partial charge is 0.409 e. The Bertz CT molecular complexity index is 350. The van der Waals surface area contributed by atoms with E-state index in [1.807, 2.05) is 0 Å². The number of nitrogens with two attached hydrogens (primary N) is 1. The van der Waals surface area contributed by atoms with Gasteiger partial charge < -0.3 is 20.9 Å². The maximum atomic E-state index is 12.3. The Labute approximate surface area is 100 Å². The first-order chi connectivity index (χ1) is 8.01. The first-order valence-corrected chi connectivity index (χ1v) is 5.96. The summed E-state index contributed by atoms with van der Waals surface area (Å²) in [5.74, 6) is 0.0981. The fraction of sp³-hybridized carbons (Fsp3) is 0.818. The monoisotopic (exact) mass is 241 g/mol. The number of carbonyl (C=O) groups is 1. The minimum absolute atomic E-state index is 0.0167. The number of amidine groups is 1. The number of hydrogen-bond acceptors (Lipinski definition) is 4. The molecular weight excluding hydrogens is 222 g/mol. The summed E-state index contributed by atoms with van der Waals surface area (Å²) in [4.78, 5) is 14.0. The molecule has 0 aromatic heterocycles. The number of nitrogens with zero attached hydrogens (tertiary/aromatic N) is 2. The third-order valence-electron chi connectivity index (χ3n) is 3.95. The topological polar surface area (TPSA) is 99.2 Å². The number of oxime groups is 1. The van der Waals surface area contributed by atoms with E-state index in [1.54, 1.807) is 11.8 Å². The Morgan fingerprint density at radius 1 is 1.59 bits per heavy atom. The fourth-order valence-electron chi connectivity index (χ4n) is 2.47. The van der Waals surface area contributed by atoms with Crippen LogP contribution in [0.4, 0.5) is 0 Å². The van der Waals surface area contributed by atoms with E-state index in [9.17, 15) is 9.90 Å². The maximum absolute atomic E-state index is 12.3. The zero-order valence-electron chi connectivity index (χ0n) is 9.96. The molecule has 2 atom stereocenters. The predicted octanol–water partition coefficient (Wildman–Crippen LogP) is -0.258. The highest BCUT2D eigenvalue weighted by Crippen LogP contribution is 2.48. The molecule has 2 unspecified atom stereocenters. The van der Waals surface area contributed by atoms with Crippen molar-refractivity contribution in [2.45, 2.75) is 32.3 Å². The van der Waals surface area contributed by atoms with Crippen LogP contribution in [-0.4, -0.2) is 46.1 Å². The van der Waals surface area contributed by atoms with Crippen LogP contribution >= 0.6 is 0 Å². The SMILES string of the molecule is CC(O)C1CCN(C(=O)C2(C(N)=NO)CC2)C1. The first-order valence-electron chi connectivity index (χ1n) is 5.96. The normalized spacial score (nSPS) is 29.2. The molecule has 1 aliphatic carbocycles. The van der Waals surface area contributed by atoms with Gasteiger partial charge in [0.1, 0.15) is 5.41 Å². The molecule has 2 rings (SSSR count). The van der Waals surface area contributed by atoms with E-state index in [2.05, 4.69) is 5.16 Å². The molecule has 4 N–H and O–H groups in total. The smallest absolute Gasteiger partial charge is 0.236 e. The highest BCUT2D eigenvalue weighted by molar-refractivity contribution is 6.09. The van der Waals surface area contributed by atoms with Crippen molar-refractivity contribution in [3.05, 3.63) is 0 Å². The van der Waals surface area contributed by atoms with Crippen LogP contribution in [0.25, 0.3) is 0 Å². The quantitative estimate of drug-likeness (QED) is 0.274. The Hall–Kier alpha value is -1.30. The van der Waals surface area contributed by atoms with Crippen molar-refractivity contribution in [1.82, 2.24) is 4.90 Å². The van der Waals surface area contributed by atoms with E-state index in [1.165, 1.54) is 0 Å². The van der Waals surface area contributed by atoms with Crippen molar-refractivity contribution >= 4 is 11.7 Å². The minimum atomic E-state index is -0.762. The van der Waals surface area contributed by atoms with Gasteiger partial charge in [-0.05, 0) is 26.2 Å². The molecule has 1 saturated heterocycles. The second-order valence-electron chi connectivity index (χ2n) is 5.11. The minimum Gasteiger partial charge on any atom is -0.409 e. The highest BCUT2D eigenvalue weighted by atomic mass is 16.4. The van der Waals surface area contributed by atoms with Gasteiger partial charge in [0, 0.05) is 19.0 Å². The molecule has 6 nitrogen and oxygen atoms in total. The Balaban J connectivity index is 2.03. The molecule has 0 aromatic carbocycles. The van der Waals surface area contributed by atoms with E-state index < -0.39 is 11.5 Å². The van der Waals surface area contributed by atoms with Crippen molar-refractivity contribution in [1.29, 1.82) is 0 Å². The summed E-state index contributed by atoms with van der Waals surface area (Å²) in [6.45, 7) is 2.96. The molecule has 1 saturated carbocycles. The molecule has 1 heterocycles. The molecule has 96 valence electrons. The number of aliphatic hydroxyl groups is 1. The molecule has 6 heteroatoms. The van der Waals surface area contributed by atoms with Crippen LogP contribution < -0.4 is 5.73 Å². The van der Waals surface area contributed by atoms with Crippen LogP contribution in [0.15, 0.2) is 5.16 Å². The van der Waals surface area contributed by atoms with Gasteiger partial charge in [-0.2, -0.15) is 0 Å². The fourth-order valence-corrected chi connectivity index (χ4v) is 2.47. The first kappa shape index (κ1) is 12.2. The van der Waals surface area contributed by atoms with Crippen molar-refractivity contribution < 1.29 is 15.1 Å². The molecular formula is C11H19N3O3. The van der Waals surface area contributed by atoms with Gasteiger partial charge in [0.2, 0.25) is 5.91 Å². The summed E-state index contributed by atoms with van der Waals surface area (Å²) in [5, 5.41) is 21.2. The number of aliphatic hydroxyl groups excluding tert-OH is 1. The standard InChI is InChI=1S/C11H19N3O3/c1-7(15)8-2-5-14(6-8)10(16)11(3-4-11)9(12)13-17/h7-8,15,17H,2-6H2,1H3,(H2,12,13). The lowest BCUT2D eigenvalue weighted by Gasteiger charge is -2.22. The van der Waals surface area contributed by atoms with Gasteiger partial charge in [0.05, 0.1) is 6.10 Å². The highest BCUT2D eigenvalue weighted by Gasteiger charge is 2.56. The molecule has 0 spiro atoms. The molecule has 0 aromatic rings. The maximum Gasteiger partial charge on any atom is 0.236 e. The number of carbonyl (C=O) groups excluding carboxylic acids is 1. The van der Waals surface area contributed by atoms with Crippen LogP contribution in [-0.2, 0) is 4.79 Å². The van der Waals surface area contributed by atoms with Gasteiger partial charge in [0.25, 0.3) is 0 Å². The lowest BCUT2D eigenvalue weighted by Crippen LogP contribution is -2.43. The van der Waals surface area contributed by atoms with Gasteiger partial charge in [0.15, 0.2) is 5.84 Å². The van der Waals surface area contributed by atoms with Crippen molar-refractivity contribution in [3.8, 4) is 0 Å². The van der Waals surface area contributed by atoms with Crippen molar-refractivity contribution in [2.24, 2.45) is 22.2 Å². The Morgan fingerprint density at radius 2 is 2.24 bits per heavy atom. The van der Waals surface area contributed by atoms with Gasteiger partial charge in [-0.1, -0.05) is 5.16 Å². The van der Waals surface area contributed by atoms with Crippen LogP contribution in [0.3, 0.4) is 0 Å². The third kappa shape index (κ3) is 1.97. The number of amides is 1. The molecule has 2 fully saturated rings. The summed E-state index contributed by atoms with van der Waals surface area (Å²) in [5.41, 5.74) is 4.82. The molecule has 17 heavy (non-hydrogen) atoms. The molecule has 2 aliphatic rings. The zero-order valence-corrected chi connectivity index (χ0v) is 9.96. The van der Waals surface area contributed by atoms with Crippen LogP contribution in [0.5, 0.6) is 0 Å². The zero-order chi connectivity index (χ0) is 12.6. The van der Waals surface area contributed by atoms with Crippen LogP contribution in [0, 0.1) is 11.3 Å². The van der Waals surface area contributed by atoms with E-state index in [0.29, 0.717) is 25.9 Å². The van der Waals surface area contributed by atoms with Gasteiger partial charge in [-0.3, -0.25) is 4.79 Å². The van der Waals surface area contributed by atoms with Crippen molar-refractivity contribution in [2.75, 3.05) is 13.1 Å². The van der Waals surface area contributed by atoms with Gasteiger partial charge >= 0.3 is 0 Å². The van der Waals surface area contributed by atoms with Crippen molar-refractivity contribution in [3.63, 3.8) is 0 Å². The van der Waals surface area contributed by atoms with E-state index in [0.717, 1.165) is 6.42 Å². The van der Waals surface area contributed by atoms with Gasteiger partial charge in [-0.15, -0.1) is 0 Å². The lowest BCUT2D eigenvalue weighted by molar-refractivity contribution is -0.133. The second kappa shape index (κ2) is 4.18. The summed E-state index contributed by atoms with van der Waals surface area (Å²) in [7, 11) is 0. The Kier molecular flexibility index (Phi) is 2.99. The average Bonchev–Trinajstić information content (AvgIpc) is 2.97. The van der Waals surface area contributed by atoms with Crippen LogP contribution in [0.2, 0.25) is 0 Å². The van der Waals surface area contributed by atoms with Gasteiger partial charge in [-0.25, -0.2) is 0 Å². The Morgan fingerprint density at radius 3 is 2.65 bits per heavy atom. The average molecular weight is 241 g/mol. The summed E-state index contributed by atoms with van der Waals surface area (Å²) in [6, 6.07) is 0. The second-order valence-corrected chi connectivity index (χ2v) is 5.11. The molecule has 1 aliphatic heterocycles. The summed E-state index contributed by atoms with van der Waals surface area (Å²) in [6.07, 6.45) is 1.72. The number of hydrogen-bond donors (Lipinski definition) is 3. The molecule has 0 bridgehead atoms. The van der Waals surface area contributed by atoms with E-state index >= 15 is 0 Å². The molecule has 1 amide bonds. The lowest BCUT2D eigenvalue weighted by atomic mass is 10.0. The summed E-state index contributed by atoms with van der Waals surface area (Å²) < 4.78 is 0. The number of likely N-dealkylation sites (tertiary alicyclic amines) is 1. The van der Waals surface area contributed by atoms with E-state index in [-0.39, 0.29) is 17.7 Å². The third-order valence-corrected chi connectivity index (χ3v) is 3.95. The predicted molar refractivity (Wildman–Crippen MR) is 61.4 cm³/mol. The number of rotatable bonds is 3. The summed E-state index contributed by atoms with van der Waals surface area (Å²) >= 11 is 0. The van der Waals surface area contributed by atoms with Crippen LogP contribution in [0.1, 0.15) is 26.2 Å².